The number of hydrogen-bond acceptors (Lipinski definition) is 5. The first-order valence-electron chi connectivity index (χ1n) is 8.25. The highest BCUT2D eigenvalue weighted by Crippen LogP contribution is 2.26. The van der Waals surface area contributed by atoms with Crippen molar-refractivity contribution < 1.29 is 9.53 Å². The number of piperidine rings is 1. The number of hydrogen-bond donors (Lipinski definition) is 2. The molecule has 2 N–H and O–H groups in total. The first-order chi connectivity index (χ1) is 11.2. The lowest BCUT2D eigenvalue weighted by atomic mass is 9.94. The van der Waals surface area contributed by atoms with Gasteiger partial charge in [0.1, 0.15) is 11.7 Å². The Hall–Kier alpha value is -2.15. The number of nitrogens with zero attached hydrogens (tertiary/aromatic N) is 2. The molecule has 2 aliphatic rings. The first kappa shape index (κ1) is 14.4. The van der Waals surface area contributed by atoms with Crippen molar-refractivity contribution in [3.8, 4) is 0 Å². The van der Waals surface area contributed by atoms with Crippen LogP contribution in [0.5, 0.6) is 0 Å². The quantitative estimate of drug-likeness (QED) is 0.831. The normalized spacial score (nSPS) is 19.7. The summed E-state index contributed by atoms with van der Waals surface area (Å²) >= 11 is 0. The first-order valence-corrected chi connectivity index (χ1v) is 8.25. The van der Waals surface area contributed by atoms with Gasteiger partial charge in [0.25, 0.3) is 5.56 Å². The molecule has 0 aromatic carbocycles. The molecule has 4 rings (SSSR count). The Labute approximate surface area is 133 Å². The van der Waals surface area contributed by atoms with Gasteiger partial charge in [0.2, 0.25) is 0 Å². The molecule has 0 radical (unpaired) electrons. The maximum Gasteiger partial charge on any atom is 0.343 e. The molecule has 0 bridgehead atoms. The summed E-state index contributed by atoms with van der Waals surface area (Å²) in [5.74, 6) is -0.126. The van der Waals surface area contributed by atoms with Gasteiger partial charge in [0.05, 0.1) is 11.9 Å². The van der Waals surface area contributed by atoms with Gasteiger partial charge in [-0.15, -0.1) is 0 Å². The van der Waals surface area contributed by atoms with Gasteiger partial charge in [0.15, 0.2) is 5.65 Å². The molecule has 7 heteroatoms. The highest BCUT2D eigenvalue weighted by molar-refractivity contribution is 5.95. The molecule has 3 heterocycles. The molecule has 1 aliphatic carbocycles. The average molecular weight is 316 g/mol. The van der Waals surface area contributed by atoms with E-state index in [2.05, 4.69) is 15.4 Å². The molecule has 2 fully saturated rings. The van der Waals surface area contributed by atoms with Crippen molar-refractivity contribution in [1.29, 1.82) is 0 Å². The van der Waals surface area contributed by atoms with Crippen molar-refractivity contribution in [3.63, 3.8) is 0 Å². The molecule has 7 nitrogen and oxygen atoms in total. The van der Waals surface area contributed by atoms with Gasteiger partial charge < -0.3 is 15.0 Å². The molecule has 1 saturated heterocycles. The summed E-state index contributed by atoms with van der Waals surface area (Å²) in [6.07, 6.45) is 6.36. The van der Waals surface area contributed by atoms with E-state index in [9.17, 15) is 9.59 Å². The summed E-state index contributed by atoms with van der Waals surface area (Å²) in [7, 11) is 0. The number of aromatic amines is 1. The number of aromatic nitrogens is 3. The summed E-state index contributed by atoms with van der Waals surface area (Å²) in [5, 5.41) is 7.65. The minimum atomic E-state index is -0.400. The fourth-order valence-corrected chi connectivity index (χ4v) is 3.27. The topological polar surface area (TPSA) is 88.5 Å². The zero-order valence-electron chi connectivity index (χ0n) is 12.9. The number of carbonyl (C=O) groups is 1. The van der Waals surface area contributed by atoms with E-state index in [1.165, 1.54) is 6.20 Å². The Morgan fingerprint density at radius 1 is 1.26 bits per heavy atom. The van der Waals surface area contributed by atoms with Crippen molar-refractivity contribution >= 4 is 11.6 Å². The van der Waals surface area contributed by atoms with E-state index >= 15 is 0 Å². The Morgan fingerprint density at radius 3 is 2.74 bits per heavy atom. The molecule has 0 spiro atoms. The Balaban J connectivity index is 1.71. The summed E-state index contributed by atoms with van der Waals surface area (Å²) in [5.41, 5.74) is 1.44. The van der Waals surface area contributed by atoms with Gasteiger partial charge in [-0.25, -0.2) is 9.31 Å². The van der Waals surface area contributed by atoms with Crippen LogP contribution < -0.4 is 10.9 Å². The number of H-pyrrole nitrogens is 1. The maximum atomic E-state index is 12.3. The number of rotatable bonds is 3. The molecule has 1 aliphatic heterocycles. The zero-order valence-corrected chi connectivity index (χ0v) is 12.9. The molecular weight excluding hydrogens is 296 g/mol. The standard InChI is InChI=1S/C16H20N4O3/c21-14-8-13(10-4-6-17-7-5-10)20-15(19-14)12(9-18-20)16(22)23-11-2-1-3-11/h8-11,17H,1-7H2,(H,19,21). The van der Waals surface area contributed by atoms with Crippen LogP contribution in [0.3, 0.4) is 0 Å². The van der Waals surface area contributed by atoms with Crippen molar-refractivity contribution in [2.45, 2.75) is 44.1 Å². The SMILES string of the molecule is O=C(OC1CCC1)c1cnn2c(C3CCNCC3)cc(=O)[nH]c12. The summed E-state index contributed by atoms with van der Waals surface area (Å²) in [4.78, 5) is 27.1. The van der Waals surface area contributed by atoms with Crippen LogP contribution in [-0.4, -0.2) is 39.8 Å². The molecule has 0 amide bonds. The van der Waals surface area contributed by atoms with Crippen LogP contribution in [0.1, 0.15) is 54.1 Å². The molecular formula is C16H20N4O3. The van der Waals surface area contributed by atoms with Gasteiger partial charge in [-0.1, -0.05) is 0 Å². The third kappa shape index (κ3) is 2.65. The third-order valence-electron chi connectivity index (χ3n) is 4.84. The molecule has 1 saturated carbocycles. The summed E-state index contributed by atoms with van der Waals surface area (Å²) in [6.45, 7) is 1.85. The van der Waals surface area contributed by atoms with E-state index < -0.39 is 5.97 Å². The van der Waals surface area contributed by atoms with E-state index in [1.807, 2.05) is 0 Å². The lowest BCUT2D eigenvalue weighted by Gasteiger charge is -2.25. The number of nitrogens with one attached hydrogen (secondary N) is 2. The lowest BCUT2D eigenvalue weighted by Crippen LogP contribution is -2.29. The van der Waals surface area contributed by atoms with E-state index in [0.29, 0.717) is 11.2 Å². The molecule has 0 unspecified atom stereocenters. The molecule has 2 aromatic heterocycles. The summed E-state index contributed by atoms with van der Waals surface area (Å²) in [6, 6.07) is 1.59. The second-order valence-corrected chi connectivity index (χ2v) is 6.36. The monoisotopic (exact) mass is 316 g/mol. The number of ether oxygens (including phenoxy) is 1. The minimum Gasteiger partial charge on any atom is -0.459 e. The van der Waals surface area contributed by atoms with Gasteiger partial charge >= 0.3 is 5.97 Å². The smallest absolute Gasteiger partial charge is 0.343 e. The van der Waals surface area contributed by atoms with Crippen molar-refractivity contribution in [3.05, 3.63) is 33.9 Å². The van der Waals surface area contributed by atoms with Crippen LogP contribution >= 0.6 is 0 Å². The Morgan fingerprint density at radius 2 is 2.04 bits per heavy atom. The molecule has 2 aromatic rings. The second-order valence-electron chi connectivity index (χ2n) is 6.36. The predicted octanol–water partition coefficient (Wildman–Crippen LogP) is 1.20. The van der Waals surface area contributed by atoms with Crippen LogP contribution in [-0.2, 0) is 4.74 Å². The van der Waals surface area contributed by atoms with E-state index in [-0.39, 0.29) is 17.6 Å². The second kappa shape index (κ2) is 5.81. The third-order valence-corrected chi connectivity index (χ3v) is 4.84. The lowest BCUT2D eigenvalue weighted by molar-refractivity contribution is 0.00920. The van der Waals surface area contributed by atoms with Crippen LogP contribution in [0.15, 0.2) is 17.1 Å². The molecule has 122 valence electrons. The minimum absolute atomic E-state index is 0.0109. The Kier molecular flexibility index (Phi) is 3.65. The summed E-state index contributed by atoms with van der Waals surface area (Å²) < 4.78 is 7.13. The van der Waals surface area contributed by atoms with Gasteiger partial charge in [-0.05, 0) is 45.2 Å². The highest BCUT2D eigenvalue weighted by atomic mass is 16.5. The highest BCUT2D eigenvalue weighted by Gasteiger charge is 2.26. The van der Waals surface area contributed by atoms with Gasteiger partial charge in [-0.3, -0.25) is 4.79 Å². The van der Waals surface area contributed by atoms with Crippen molar-refractivity contribution in [2.24, 2.45) is 0 Å². The van der Waals surface area contributed by atoms with Crippen LogP contribution in [0, 0.1) is 0 Å². The Bertz CT molecular complexity index is 784. The fraction of sp³-hybridized carbons (Fsp3) is 0.562. The number of fused-ring (bicyclic) bond motifs is 1. The maximum absolute atomic E-state index is 12.3. The number of carbonyl (C=O) groups excluding carboxylic acids is 1. The van der Waals surface area contributed by atoms with E-state index in [0.717, 1.165) is 50.9 Å². The molecule has 23 heavy (non-hydrogen) atoms. The largest absolute Gasteiger partial charge is 0.459 e. The van der Waals surface area contributed by atoms with Crippen molar-refractivity contribution in [2.75, 3.05) is 13.1 Å². The van der Waals surface area contributed by atoms with Crippen LogP contribution in [0.4, 0.5) is 0 Å². The predicted molar refractivity (Wildman–Crippen MR) is 83.7 cm³/mol. The van der Waals surface area contributed by atoms with Gasteiger partial charge in [0, 0.05) is 12.0 Å². The van der Waals surface area contributed by atoms with Crippen molar-refractivity contribution in [1.82, 2.24) is 19.9 Å². The average Bonchev–Trinajstić information content (AvgIpc) is 2.94. The van der Waals surface area contributed by atoms with Crippen LogP contribution in [0.2, 0.25) is 0 Å². The molecule has 0 atom stereocenters. The van der Waals surface area contributed by atoms with E-state index in [4.69, 9.17) is 4.74 Å². The zero-order chi connectivity index (χ0) is 15.8. The van der Waals surface area contributed by atoms with Crippen LogP contribution in [0.25, 0.3) is 5.65 Å². The van der Waals surface area contributed by atoms with Gasteiger partial charge in [-0.2, -0.15) is 5.10 Å². The fourth-order valence-electron chi connectivity index (χ4n) is 3.27. The number of esters is 1. The van der Waals surface area contributed by atoms with E-state index in [1.54, 1.807) is 10.6 Å².